The molecule has 3 nitrogen and oxygen atoms in total. The molecule has 0 radical (unpaired) electrons. The molecule has 0 aliphatic rings. The number of halogens is 2. The first-order valence-corrected chi connectivity index (χ1v) is 8.06. The van der Waals surface area contributed by atoms with Crippen molar-refractivity contribution in [3.8, 4) is 10.6 Å². The molecule has 1 heterocycles. The topological polar surface area (TPSA) is 42.0 Å². The zero-order valence-corrected chi connectivity index (χ0v) is 13.9. The number of thiazole rings is 1. The molecule has 1 N–H and O–H groups in total. The van der Waals surface area contributed by atoms with E-state index in [9.17, 15) is 13.6 Å². The number of nitrogens with one attached hydrogen (secondary N) is 1. The van der Waals surface area contributed by atoms with E-state index in [-0.39, 0.29) is 11.5 Å². The van der Waals surface area contributed by atoms with Crippen molar-refractivity contribution in [1.29, 1.82) is 0 Å². The monoisotopic (exact) mass is 344 g/mol. The minimum absolute atomic E-state index is 0.127. The average molecular weight is 344 g/mol. The molecule has 0 spiro atoms. The molecule has 0 aliphatic heterocycles. The summed E-state index contributed by atoms with van der Waals surface area (Å²) in [5, 5.41) is 3.18. The van der Waals surface area contributed by atoms with E-state index in [1.807, 2.05) is 0 Å². The summed E-state index contributed by atoms with van der Waals surface area (Å²) in [7, 11) is 0. The van der Waals surface area contributed by atoms with Gasteiger partial charge < -0.3 is 5.32 Å². The molecule has 24 heavy (non-hydrogen) atoms. The van der Waals surface area contributed by atoms with Crippen LogP contribution < -0.4 is 5.32 Å². The number of aryl methyl sites for hydroxylation is 2. The molecule has 122 valence electrons. The Morgan fingerprint density at radius 1 is 1.08 bits per heavy atom. The standard InChI is InChI=1S/C18H14F2N2OS/c1-10-3-8-15(14(20)9-10)22-17(23)16-11(2)21-18(24-16)12-4-6-13(19)7-5-12/h3-9H,1-2H3,(H,22,23). The molecule has 1 aromatic heterocycles. The Morgan fingerprint density at radius 3 is 2.46 bits per heavy atom. The molecule has 3 rings (SSSR count). The minimum atomic E-state index is -0.482. The van der Waals surface area contributed by atoms with Crippen molar-refractivity contribution in [3.63, 3.8) is 0 Å². The van der Waals surface area contributed by atoms with Crippen molar-refractivity contribution in [3.05, 3.63) is 70.2 Å². The van der Waals surface area contributed by atoms with Crippen LogP contribution in [0.1, 0.15) is 20.9 Å². The van der Waals surface area contributed by atoms with Crippen LogP contribution in [0.5, 0.6) is 0 Å². The van der Waals surface area contributed by atoms with Crippen molar-refractivity contribution in [2.75, 3.05) is 5.32 Å². The SMILES string of the molecule is Cc1ccc(NC(=O)c2sc(-c3ccc(F)cc3)nc2C)c(F)c1. The van der Waals surface area contributed by atoms with E-state index in [0.717, 1.165) is 11.1 Å². The van der Waals surface area contributed by atoms with Crippen molar-refractivity contribution in [1.82, 2.24) is 4.98 Å². The first-order chi connectivity index (χ1) is 11.4. The van der Waals surface area contributed by atoms with Crippen LogP contribution in [0.15, 0.2) is 42.5 Å². The second-order valence-corrected chi connectivity index (χ2v) is 6.38. The molecule has 0 atom stereocenters. The van der Waals surface area contributed by atoms with Gasteiger partial charge in [0.05, 0.1) is 11.4 Å². The highest BCUT2D eigenvalue weighted by molar-refractivity contribution is 7.17. The summed E-state index contributed by atoms with van der Waals surface area (Å²) in [6.07, 6.45) is 0. The highest BCUT2D eigenvalue weighted by Gasteiger charge is 2.17. The Labute approximate surface area is 142 Å². The lowest BCUT2D eigenvalue weighted by atomic mass is 10.2. The van der Waals surface area contributed by atoms with Gasteiger partial charge >= 0.3 is 0 Å². The number of nitrogens with zero attached hydrogens (tertiary/aromatic N) is 1. The number of rotatable bonds is 3. The van der Waals surface area contributed by atoms with Crippen molar-refractivity contribution >= 4 is 22.9 Å². The highest BCUT2D eigenvalue weighted by atomic mass is 32.1. The zero-order chi connectivity index (χ0) is 17.3. The van der Waals surface area contributed by atoms with Crippen molar-refractivity contribution in [2.45, 2.75) is 13.8 Å². The average Bonchev–Trinajstić information content (AvgIpc) is 2.93. The number of carbonyl (C=O) groups is 1. The molecule has 0 saturated carbocycles. The number of hydrogen-bond donors (Lipinski definition) is 1. The molecular weight excluding hydrogens is 330 g/mol. The number of anilines is 1. The number of benzene rings is 2. The summed E-state index contributed by atoms with van der Waals surface area (Å²) in [6, 6.07) is 10.5. The van der Waals surface area contributed by atoms with Crippen LogP contribution in [0.4, 0.5) is 14.5 Å². The van der Waals surface area contributed by atoms with Gasteiger partial charge in [0, 0.05) is 5.56 Å². The third kappa shape index (κ3) is 3.33. The molecule has 0 unspecified atom stereocenters. The molecule has 2 aromatic carbocycles. The van der Waals surface area contributed by atoms with Gasteiger partial charge in [-0.3, -0.25) is 4.79 Å². The van der Waals surface area contributed by atoms with Crippen LogP contribution in [-0.2, 0) is 0 Å². The summed E-state index contributed by atoms with van der Waals surface area (Å²) in [6.45, 7) is 3.49. The summed E-state index contributed by atoms with van der Waals surface area (Å²) < 4.78 is 26.9. The van der Waals surface area contributed by atoms with E-state index in [1.165, 1.54) is 35.6 Å². The Balaban J connectivity index is 1.86. The van der Waals surface area contributed by atoms with Gasteiger partial charge in [0.15, 0.2) is 0 Å². The van der Waals surface area contributed by atoms with Crippen LogP contribution in [0.25, 0.3) is 10.6 Å². The lowest BCUT2D eigenvalue weighted by Crippen LogP contribution is -2.12. The van der Waals surface area contributed by atoms with Crippen molar-refractivity contribution < 1.29 is 13.6 Å². The summed E-state index contributed by atoms with van der Waals surface area (Å²) in [5.41, 5.74) is 2.18. The minimum Gasteiger partial charge on any atom is -0.319 e. The predicted octanol–water partition coefficient (Wildman–Crippen LogP) is 4.96. The van der Waals surface area contributed by atoms with E-state index in [4.69, 9.17) is 0 Å². The fourth-order valence-corrected chi connectivity index (χ4v) is 3.19. The molecule has 0 fully saturated rings. The number of carbonyl (C=O) groups excluding carboxylic acids is 1. The smallest absolute Gasteiger partial charge is 0.267 e. The van der Waals surface area contributed by atoms with Crippen LogP contribution in [0.3, 0.4) is 0 Å². The van der Waals surface area contributed by atoms with Crippen LogP contribution in [0, 0.1) is 25.5 Å². The van der Waals surface area contributed by atoms with Gasteiger partial charge in [-0.1, -0.05) is 6.07 Å². The largest absolute Gasteiger partial charge is 0.319 e. The quantitative estimate of drug-likeness (QED) is 0.730. The lowest BCUT2D eigenvalue weighted by molar-refractivity contribution is 0.102. The molecule has 1 amide bonds. The van der Waals surface area contributed by atoms with Crippen LogP contribution in [0.2, 0.25) is 0 Å². The normalized spacial score (nSPS) is 10.7. The number of aromatic nitrogens is 1. The van der Waals surface area contributed by atoms with E-state index in [1.54, 1.807) is 32.0 Å². The van der Waals surface area contributed by atoms with Gasteiger partial charge in [-0.15, -0.1) is 11.3 Å². The predicted molar refractivity (Wildman–Crippen MR) is 91.3 cm³/mol. The van der Waals surface area contributed by atoms with E-state index < -0.39 is 11.7 Å². The summed E-state index contributed by atoms with van der Waals surface area (Å²) in [5.74, 6) is -1.23. The Morgan fingerprint density at radius 2 is 1.79 bits per heavy atom. The number of amides is 1. The Hall–Kier alpha value is -2.60. The second kappa shape index (κ2) is 6.49. The van der Waals surface area contributed by atoms with Gasteiger partial charge in [-0.2, -0.15) is 0 Å². The molecule has 6 heteroatoms. The number of hydrogen-bond acceptors (Lipinski definition) is 3. The highest BCUT2D eigenvalue weighted by Crippen LogP contribution is 2.29. The van der Waals surface area contributed by atoms with Gasteiger partial charge in [0.25, 0.3) is 5.91 Å². The lowest BCUT2D eigenvalue weighted by Gasteiger charge is -2.06. The summed E-state index contributed by atoms with van der Waals surface area (Å²) in [4.78, 5) is 17.2. The molecular formula is C18H14F2N2OS. The molecule has 3 aromatic rings. The fraction of sp³-hybridized carbons (Fsp3) is 0.111. The first kappa shape index (κ1) is 16.3. The zero-order valence-electron chi connectivity index (χ0n) is 13.1. The Bertz CT molecular complexity index is 904. The second-order valence-electron chi connectivity index (χ2n) is 5.38. The van der Waals surface area contributed by atoms with Gasteiger partial charge in [0.2, 0.25) is 0 Å². The molecule has 0 aliphatic carbocycles. The molecule has 0 bridgehead atoms. The summed E-state index contributed by atoms with van der Waals surface area (Å²) >= 11 is 1.19. The van der Waals surface area contributed by atoms with E-state index in [2.05, 4.69) is 10.3 Å². The van der Waals surface area contributed by atoms with Gasteiger partial charge in [-0.05, 0) is 55.8 Å². The maximum atomic E-state index is 13.9. The van der Waals surface area contributed by atoms with Gasteiger partial charge in [0.1, 0.15) is 21.5 Å². The van der Waals surface area contributed by atoms with Crippen molar-refractivity contribution in [2.24, 2.45) is 0 Å². The van der Waals surface area contributed by atoms with Gasteiger partial charge in [-0.25, -0.2) is 13.8 Å². The maximum Gasteiger partial charge on any atom is 0.267 e. The van der Waals surface area contributed by atoms with E-state index >= 15 is 0 Å². The molecule has 0 saturated heterocycles. The fourth-order valence-electron chi connectivity index (χ4n) is 2.22. The van der Waals surface area contributed by atoms with Crippen LogP contribution >= 0.6 is 11.3 Å². The third-order valence-electron chi connectivity index (χ3n) is 3.47. The third-order valence-corrected chi connectivity index (χ3v) is 4.67. The maximum absolute atomic E-state index is 13.9. The Kier molecular flexibility index (Phi) is 4.40. The van der Waals surface area contributed by atoms with Crippen LogP contribution in [-0.4, -0.2) is 10.9 Å². The van der Waals surface area contributed by atoms with E-state index in [0.29, 0.717) is 15.6 Å². The first-order valence-electron chi connectivity index (χ1n) is 7.25.